The lowest BCUT2D eigenvalue weighted by molar-refractivity contribution is 0.305. The third kappa shape index (κ3) is 2.02. The summed E-state index contributed by atoms with van der Waals surface area (Å²) in [6.45, 7) is 2.07. The highest BCUT2D eigenvalue weighted by Gasteiger charge is 2.30. The molecule has 1 unspecified atom stereocenters. The highest BCUT2D eigenvalue weighted by molar-refractivity contribution is 5.79. The van der Waals surface area contributed by atoms with Gasteiger partial charge in [0.25, 0.3) is 0 Å². The molecule has 0 amide bonds. The number of hydrogen-bond acceptors (Lipinski definition) is 3. The third-order valence-corrected chi connectivity index (χ3v) is 3.81. The molecule has 3 rings (SSSR count). The molecule has 1 aromatic heterocycles. The molecule has 20 heavy (non-hydrogen) atoms. The van der Waals surface area contributed by atoms with E-state index in [0.29, 0.717) is 6.42 Å². The summed E-state index contributed by atoms with van der Waals surface area (Å²) in [7, 11) is 0. The molecule has 0 radical (unpaired) electrons. The number of aliphatic hydroxyl groups is 1. The topological polar surface area (TPSA) is 46.0 Å². The molecule has 2 aromatic rings. The minimum atomic E-state index is -0.258. The SMILES string of the molecule is CC1=C(CCO)c2cc(F)ccc2C1c1cccnn1. The number of aliphatic hydroxyl groups excluding tert-OH is 1. The van der Waals surface area contributed by atoms with Gasteiger partial charge in [-0.3, -0.25) is 0 Å². The average molecular weight is 270 g/mol. The van der Waals surface area contributed by atoms with Crippen molar-refractivity contribution in [3.8, 4) is 0 Å². The molecular weight excluding hydrogens is 255 g/mol. The molecule has 0 bridgehead atoms. The standard InChI is InChI=1S/C16H15FN2O/c1-10-12(6-8-20)14-9-11(17)4-5-13(14)16(10)15-3-2-7-18-19-15/h2-5,7,9,16,20H,6,8H2,1H3. The van der Waals surface area contributed by atoms with Gasteiger partial charge in [-0.05, 0) is 54.3 Å². The van der Waals surface area contributed by atoms with E-state index in [-0.39, 0.29) is 18.3 Å². The van der Waals surface area contributed by atoms with Gasteiger partial charge < -0.3 is 5.11 Å². The lowest BCUT2D eigenvalue weighted by Gasteiger charge is -2.12. The van der Waals surface area contributed by atoms with Gasteiger partial charge in [0.15, 0.2) is 0 Å². The van der Waals surface area contributed by atoms with E-state index in [1.54, 1.807) is 18.3 Å². The molecule has 0 saturated carbocycles. The van der Waals surface area contributed by atoms with Crippen LogP contribution in [0.4, 0.5) is 4.39 Å². The van der Waals surface area contributed by atoms with Crippen molar-refractivity contribution >= 4 is 5.57 Å². The van der Waals surface area contributed by atoms with Gasteiger partial charge in [-0.2, -0.15) is 10.2 Å². The van der Waals surface area contributed by atoms with Gasteiger partial charge in [0, 0.05) is 18.7 Å². The molecule has 0 saturated heterocycles. The highest BCUT2D eigenvalue weighted by Crippen LogP contribution is 2.45. The second-order valence-corrected chi connectivity index (χ2v) is 4.95. The number of halogens is 1. The Morgan fingerprint density at radius 2 is 2.15 bits per heavy atom. The second kappa shape index (κ2) is 5.13. The molecule has 102 valence electrons. The van der Waals surface area contributed by atoms with Crippen LogP contribution >= 0.6 is 0 Å². The van der Waals surface area contributed by atoms with Crippen LogP contribution in [0.25, 0.3) is 5.57 Å². The molecule has 1 heterocycles. The Labute approximate surface area is 116 Å². The van der Waals surface area contributed by atoms with Gasteiger partial charge in [0.2, 0.25) is 0 Å². The van der Waals surface area contributed by atoms with Crippen LogP contribution in [0.5, 0.6) is 0 Å². The monoisotopic (exact) mass is 270 g/mol. The largest absolute Gasteiger partial charge is 0.396 e. The normalized spacial score (nSPS) is 17.4. The summed E-state index contributed by atoms with van der Waals surface area (Å²) >= 11 is 0. The van der Waals surface area contributed by atoms with Gasteiger partial charge in [-0.25, -0.2) is 4.39 Å². The van der Waals surface area contributed by atoms with E-state index in [0.717, 1.165) is 28.0 Å². The molecule has 3 nitrogen and oxygen atoms in total. The smallest absolute Gasteiger partial charge is 0.123 e. The molecule has 1 atom stereocenters. The zero-order chi connectivity index (χ0) is 14.1. The fraction of sp³-hybridized carbons (Fsp3) is 0.250. The zero-order valence-electron chi connectivity index (χ0n) is 11.2. The number of hydrogen-bond donors (Lipinski definition) is 1. The van der Waals surface area contributed by atoms with Gasteiger partial charge in [0.1, 0.15) is 5.82 Å². The van der Waals surface area contributed by atoms with Crippen LogP contribution in [0.2, 0.25) is 0 Å². The molecular formula is C16H15FN2O. The first kappa shape index (κ1) is 12.9. The van der Waals surface area contributed by atoms with Crippen molar-refractivity contribution in [2.75, 3.05) is 6.61 Å². The number of fused-ring (bicyclic) bond motifs is 1. The van der Waals surface area contributed by atoms with Crippen LogP contribution in [0, 0.1) is 5.82 Å². The Bertz CT molecular complexity index is 667. The van der Waals surface area contributed by atoms with Crippen molar-refractivity contribution in [2.45, 2.75) is 19.3 Å². The fourth-order valence-corrected chi connectivity index (χ4v) is 2.95. The maximum Gasteiger partial charge on any atom is 0.123 e. The number of allylic oxidation sites excluding steroid dienone is 1. The lowest BCUT2D eigenvalue weighted by Crippen LogP contribution is -2.03. The number of rotatable bonds is 3. The predicted octanol–water partition coefficient (Wildman–Crippen LogP) is 2.92. The molecule has 4 heteroatoms. The first-order chi connectivity index (χ1) is 9.72. The van der Waals surface area contributed by atoms with Crippen LogP contribution in [0.1, 0.15) is 36.1 Å². The fourth-order valence-electron chi connectivity index (χ4n) is 2.95. The molecule has 0 spiro atoms. The summed E-state index contributed by atoms with van der Waals surface area (Å²) in [5, 5.41) is 17.4. The van der Waals surface area contributed by atoms with Crippen LogP contribution in [0.3, 0.4) is 0 Å². The van der Waals surface area contributed by atoms with Gasteiger partial charge in [0.05, 0.1) is 5.69 Å². The van der Waals surface area contributed by atoms with Gasteiger partial charge in [-0.1, -0.05) is 11.6 Å². The maximum atomic E-state index is 13.5. The lowest BCUT2D eigenvalue weighted by atomic mass is 9.93. The summed E-state index contributed by atoms with van der Waals surface area (Å²) in [5.41, 5.74) is 4.89. The van der Waals surface area contributed by atoms with E-state index < -0.39 is 0 Å². The van der Waals surface area contributed by atoms with Crippen LogP contribution in [0.15, 0.2) is 42.1 Å². The Kier molecular flexibility index (Phi) is 3.32. The molecule has 0 aliphatic heterocycles. The van der Waals surface area contributed by atoms with Gasteiger partial charge in [-0.15, -0.1) is 0 Å². The molecule has 0 fully saturated rings. The van der Waals surface area contributed by atoms with E-state index in [9.17, 15) is 9.50 Å². The second-order valence-electron chi connectivity index (χ2n) is 4.95. The van der Waals surface area contributed by atoms with Crippen LogP contribution in [-0.4, -0.2) is 21.9 Å². The minimum Gasteiger partial charge on any atom is -0.396 e. The quantitative estimate of drug-likeness (QED) is 0.932. The molecule has 1 aliphatic carbocycles. The summed E-state index contributed by atoms with van der Waals surface area (Å²) in [6, 6.07) is 8.59. The molecule has 1 aliphatic rings. The van der Waals surface area contributed by atoms with E-state index in [4.69, 9.17) is 0 Å². The van der Waals surface area contributed by atoms with Crippen molar-refractivity contribution in [3.05, 3.63) is 64.7 Å². The minimum absolute atomic E-state index is 0.000787. The average Bonchev–Trinajstić information content (AvgIpc) is 2.73. The number of aromatic nitrogens is 2. The third-order valence-electron chi connectivity index (χ3n) is 3.81. The maximum absolute atomic E-state index is 13.5. The Hall–Kier alpha value is -2.07. The summed E-state index contributed by atoms with van der Waals surface area (Å²) in [6.07, 6.45) is 2.16. The Morgan fingerprint density at radius 1 is 1.30 bits per heavy atom. The van der Waals surface area contributed by atoms with Crippen molar-refractivity contribution < 1.29 is 9.50 Å². The summed E-state index contributed by atoms with van der Waals surface area (Å²) in [4.78, 5) is 0. The first-order valence-electron chi connectivity index (χ1n) is 6.60. The van der Waals surface area contributed by atoms with Gasteiger partial charge >= 0.3 is 0 Å². The first-order valence-corrected chi connectivity index (χ1v) is 6.60. The van der Waals surface area contributed by atoms with E-state index in [2.05, 4.69) is 10.2 Å². The van der Waals surface area contributed by atoms with Crippen molar-refractivity contribution in [2.24, 2.45) is 0 Å². The molecule has 1 N–H and O–H groups in total. The van der Waals surface area contributed by atoms with Crippen molar-refractivity contribution in [1.82, 2.24) is 10.2 Å². The van der Waals surface area contributed by atoms with E-state index in [1.807, 2.05) is 19.1 Å². The molecule has 1 aromatic carbocycles. The predicted molar refractivity (Wildman–Crippen MR) is 74.6 cm³/mol. The Morgan fingerprint density at radius 3 is 2.85 bits per heavy atom. The van der Waals surface area contributed by atoms with E-state index >= 15 is 0 Å². The van der Waals surface area contributed by atoms with Crippen molar-refractivity contribution in [3.63, 3.8) is 0 Å². The van der Waals surface area contributed by atoms with E-state index in [1.165, 1.54) is 6.07 Å². The summed E-state index contributed by atoms with van der Waals surface area (Å²) in [5.74, 6) is -0.257. The number of benzene rings is 1. The summed E-state index contributed by atoms with van der Waals surface area (Å²) < 4.78 is 13.5. The highest BCUT2D eigenvalue weighted by atomic mass is 19.1. The zero-order valence-corrected chi connectivity index (χ0v) is 11.2. The number of nitrogens with zero attached hydrogens (tertiary/aromatic N) is 2. The van der Waals surface area contributed by atoms with Crippen LogP contribution < -0.4 is 0 Å². The Balaban J connectivity index is 2.17. The van der Waals surface area contributed by atoms with Crippen LogP contribution in [-0.2, 0) is 0 Å². The van der Waals surface area contributed by atoms with Crippen molar-refractivity contribution in [1.29, 1.82) is 0 Å².